The molecule has 1 aromatic heterocycles. The summed E-state index contributed by atoms with van der Waals surface area (Å²) in [4.78, 5) is 9.90. The molecule has 2 N–H and O–H groups in total. The van der Waals surface area contributed by atoms with Crippen LogP contribution in [0.5, 0.6) is 0 Å². The Balaban J connectivity index is 2.86. The zero-order chi connectivity index (χ0) is 7.40. The number of hydrogen-bond donors (Lipinski definition) is 1. The fourth-order valence-electron chi connectivity index (χ4n) is 0.517. The molecule has 0 unspecified atom stereocenters. The van der Waals surface area contributed by atoms with Crippen molar-refractivity contribution in [3.8, 4) is 0 Å². The lowest BCUT2D eigenvalue weighted by molar-refractivity contribution is -0.104. The maximum absolute atomic E-state index is 9.90. The van der Waals surface area contributed by atoms with E-state index in [0.717, 1.165) is 0 Å². The van der Waals surface area contributed by atoms with Crippen molar-refractivity contribution in [2.24, 2.45) is 5.73 Å². The molecule has 0 amide bonds. The van der Waals surface area contributed by atoms with Crippen LogP contribution in [-0.4, -0.2) is 11.4 Å². The fraction of sp³-hybridized carbons (Fsp3) is 0. The number of carbonyl (C=O) groups is 1. The highest BCUT2D eigenvalue weighted by atomic mass is 16.5. The molecule has 4 heteroatoms. The molecule has 0 aliphatic heterocycles. The fourth-order valence-corrected chi connectivity index (χ4v) is 0.517. The van der Waals surface area contributed by atoms with Crippen molar-refractivity contribution in [3.63, 3.8) is 0 Å². The minimum Gasteiger partial charge on any atom is -0.398 e. The smallest absolute Gasteiger partial charge is 0.144 e. The van der Waals surface area contributed by atoms with Crippen molar-refractivity contribution in [1.29, 1.82) is 0 Å². The van der Waals surface area contributed by atoms with E-state index in [1.54, 1.807) is 0 Å². The molecule has 0 aliphatic rings. The van der Waals surface area contributed by atoms with Gasteiger partial charge in [-0.3, -0.25) is 4.79 Å². The third-order valence-electron chi connectivity index (χ3n) is 1.01. The maximum atomic E-state index is 9.90. The summed E-state index contributed by atoms with van der Waals surface area (Å²) in [5.74, 6) is 0. The van der Waals surface area contributed by atoms with E-state index in [2.05, 4.69) is 9.68 Å². The topological polar surface area (TPSA) is 69.1 Å². The van der Waals surface area contributed by atoms with Crippen LogP contribution in [0.2, 0.25) is 0 Å². The largest absolute Gasteiger partial charge is 0.398 e. The molecule has 0 fully saturated rings. The molecule has 0 bridgehead atoms. The molecule has 0 aliphatic carbocycles. The van der Waals surface area contributed by atoms with Crippen LogP contribution >= 0.6 is 0 Å². The van der Waals surface area contributed by atoms with Crippen LogP contribution in [0.3, 0.4) is 0 Å². The normalized spacial score (nSPS) is 11.4. The van der Waals surface area contributed by atoms with E-state index in [-0.39, 0.29) is 0 Å². The van der Waals surface area contributed by atoms with Crippen molar-refractivity contribution in [1.82, 2.24) is 5.16 Å². The molecule has 0 saturated heterocycles. The predicted octanol–water partition coefficient (Wildman–Crippen LogP) is 0.173. The lowest BCUT2D eigenvalue weighted by atomic mass is 10.3. The molecule has 10 heavy (non-hydrogen) atoms. The summed E-state index contributed by atoms with van der Waals surface area (Å²) in [6, 6.07) is 0. The van der Waals surface area contributed by atoms with Crippen LogP contribution in [-0.2, 0) is 4.79 Å². The molecular weight excluding hydrogens is 132 g/mol. The van der Waals surface area contributed by atoms with Gasteiger partial charge in [-0.25, -0.2) is 0 Å². The van der Waals surface area contributed by atoms with Gasteiger partial charge in [-0.05, 0) is 0 Å². The Morgan fingerprint density at radius 3 is 3.10 bits per heavy atom. The summed E-state index contributed by atoms with van der Waals surface area (Å²) in [5.41, 5.74) is 6.36. The summed E-state index contributed by atoms with van der Waals surface area (Å²) >= 11 is 0. The van der Waals surface area contributed by atoms with Gasteiger partial charge in [-0.15, -0.1) is 0 Å². The van der Waals surface area contributed by atoms with Crippen LogP contribution in [0, 0.1) is 0 Å². The first-order chi connectivity index (χ1) is 4.84. The monoisotopic (exact) mass is 138 g/mol. The molecule has 0 saturated carbocycles. The number of aromatic nitrogens is 1. The first-order valence-electron chi connectivity index (χ1n) is 2.65. The second-order valence-corrected chi connectivity index (χ2v) is 1.67. The molecule has 0 radical (unpaired) electrons. The van der Waals surface area contributed by atoms with Gasteiger partial charge in [0.15, 0.2) is 0 Å². The van der Waals surface area contributed by atoms with E-state index >= 15 is 0 Å². The second-order valence-electron chi connectivity index (χ2n) is 1.67. The van der Waals surface area contributed by atoms with Gasteiger partial charge in [0.1, 0.15) is 12.5 Å². The molecule has 4 nitrogen and oxygen atoms in total. The van der Waals surface area contributed by atoms with Gasteiger partial charge in [-0.1, -0.05) is 5.16 Å². The van der Waals surface area contributed by atoms with Crippen LogP contribution in [0.25, 0.3) is 5.70 Å². The number of allylic oxidation sites excluding steroid dienone is 1. The Morgan fingerprint density at radius 1 is 1.80 bits per heavy atom. The maximum Gasteiger partial charge on any atom is 0.144 e. The zero-order valence-electron chi connectivity index (χ0n) is 5.15. The van der Waals surface area contributed by atoms with Crippen LogP contribution in [0.1, 0.15) is 5.56 Å². The van der Waals surface area contributed by atoms with Gasteiger partial charge in [0.2, 0.25) is 0 Å². The predicted molar refractivity (Wildman–Crippen MR) is 34.7 cm³/mol. The quantitative estimate of drug-likeness (QED) is 0.467. The molecule has 1 aromatic rings. The molecule has 52 valence electrons. The van der Waals surface area contributed by atoms with Crippen molar-refractivity contribution in [3.05, 3.63) is 24.1 Å². The van der Waals surface area contributed by atoms with Gasteiger partial charge < -0.3 is 10.3 Å². The van der Waals surface area contributed by atoms with E-state index < -0.39 is 0 Å². The lowest BCUT2D eigenvalue weighted by Gasteiger charge is -1.88. The van der Waals surface area contributed by atoms with E-state index in [0.29, 0.717) is 17.5 Å². The molecule has 0 spiro atoms. The number of hydrogen-bond acceptors (Lipinski definition) is 4. The summed E-state index contributed by atoms with van der Waals surface area (Å²) in [7, 11) is 0. The number of nitrogens with two attached hydrogens (primary N) is 1. The van der Waals surface area contributed by atoms with Crippen molar-refractivity contribution in [2.75, 3.05) is 0 Å². The highest BCUT2D eigenvalue weighted by molar-refractivity contribution is 5.79. The first kappa shape index (κ1) is 6.54. The van der Waals surface area contributed by atoms with Gasteiger partial charge in [-0.2, -0.15) is 0 Å². The van der Waals surface area contributed by atoms with E-state index in [4.69, 9.17) is 5.73 Å². The Labute approximate surface area is 57.3 Å². The lowest BCUT2D eigenvalue weighted by Crippen LogP contribution is -1.93. The summed E-state index contributed by atoms with van der Waals surface area (Å²) in [5, 5.41) is 3.41. The first-order valence-corrected chi connectivity index (χ1v) is 2.65. The second kappa shape index (κ2) is 2.82. The molecular formula is C6H6N2O2. The third kappa shape index (κ3) is 1.22. The number of rotatable bonds is 2. The van der Waals surface area contributed by atoms with E-state index in [1.165, 1.54) is 18.5 Å². The van der Waals surface area contributed by atoms with E-state index in [9.17, 15) is 4.79 Å². The average Bonchev–Trinajstić information content (AvgIpc) is 2.38. The van der Waals surface area contributed by atoms with Crippen molar-refractivity contribution >= 4 is 12.0 Å². The van der Waals surface area contributed by atoms with Gasteiger partial charge in [0, 0.05) is 11.8 Å². The van der Waals surface area contributed by atoms with Gasteiger partial charge in [0.25, 0.3) is 0 Å². The van der Waals surface area contributed by atoms with Crippen molar-refractivity contribution in [2.45, 2.75) is 0 Å². The molecule has 0 aromatic carbocycles. The van der Waals surface area contributed by atoms with Gasteiger partial charge in [0.05, 0.1) is 11.8 Å². The minimum absolute atomic E-state index is 0.358. The molecule has 1 heterocycles. The number of carbonyl (C=O) groups excluding carboxylic acids is 1. The number of aldehydes is 1. The third-order valence-corrected chi connectivity index (χ3v) is 1.01. The summed E-state index contributed by atoms with van der Waals surface area (Å²) in [6.45, 7) is 0. The Bertz CT molecular complexity index is 238. The molecule has 1 rings (SSSR count). The SMILES string of the molecule is N/C(=C/C=O)c1cnoc1. The van der Waals surface area contributed by atoms with Crippen LogP contribution in [0.15, 0.2) is 23.1 Å². The standard InChI is InChI=1S/C6H6N2O2/c7-6(1-2-9)5-3-8-10-4-5/h1-4H,7H2/b6-1+. The molecule has 0 atom stereocenters. The van der Waals surface area contributed by atoms with Crippen LogP contribution < -0.4 is 5.73 Å². The zero-order valence-corrected chi connectivity index (χ0v) is 5.15. The highest BCUT2D eigenvalue weighted by Gasteiger charge is 1.96. The number of nitrogens with zero attached hydrogens (tertiary/aromatic N) is 1. The van der Waals surface area contributed by atoms with E-state index in [1.807, 2.05) is 0 Å². The van der Waals surface area contributed by atoms with Gasteiger partial charge >= 0.3 is 0 Å². The summed E-state index contributed by atoms with van der Waals surface area (Å²) < 4.78 is 4.50. The summed E-state index contributed by atoms with van der Waals surface area (Å²) in [6.07, 6.45) is 4.67. The highest BCUT2D eigenvalue weighted by Crippen LogP contribution is 2.04. The van der Waals surface area contributed by atoms with Crippen molar-refractivity contribution < 1.29 is 9.32 Å². The Hall–Kier alpha value is -1.58. The Kier molecular flexibility index (Phi) is 1.84. The minimum atomic E-state index is 0.358. The average molecular weight is 138 g/mol. The Morgan fingerprint density at radius 2 is 2.60 bits per heavy atom. The van der Waals surface area contributed by atoms with Crippen LogP contribution in [0.4, 0.5) is 0 Å².